The van der Waals surface area contributed by atoms with Gasteiger partial charge in [-0.2, -0.15) is 13.2 Å². The Bertz CT molecular complexity index is 1180. The molecule has 0 amide bonds. The number of aromatic nitrogens is 2. The summed E-state index contributed by atoms with van der Waals surface area (Å²) >= 11 is 6.26. The SMILES string of the molecule is O=C(O)C(F)(F)F.O=c1cc(-c2ccccc2Cl)nc(-c2ccc(CN3CCNCC3)cc2)[nH]1. The van der Waals surface area contributed by atoms with Crippen LogP contribution in [-0.4, -0.2) is 58.3 Å². The van der Waals surface area contributed by atoms with Crippen molar-refractivity contribution < 1.29 is 23.1 Å². The number of hydrogen-bond donors (Lipinski definition) is 3. The van der Waals surface area contributed by atoms with E-state index >= 15 is 0 Å². The van der Waals surface area contributed by atoms with Crippen molar-refractivity contribution in [3.05, 3.63) is 75.5 Å². The normalized spacial score (nSPS) is 14.2. The molecule has 1 saturated heterocycles. The van der Waals surface area contributed by atoms with Crippen LogP contribution in [0.15, 0.2) is 59.4 Å². The number of hydrogen-bond acceptors (Lipinski definition) is 5. The Morgan fingerprint density at radius 2 is 1.71 bits per heavy atom. The van der Waals surface area contributed by atoms with Crippen LogP contribution >= 0.6 is 11.6 Å². The number of aromatic amines is 1. The van der Waals surface area contributed by atoms with E-state index < -0.39 is 12.1 Å². The molecule has 0 saturated carbocycles. The quantitative estimate of drug-likeness (QED) is 0.510. The van der Waals surface area contributed by atoms with E-state index in [1.807, 2.05) is 30.3 Å². The summed E-state index contributed by atoms with van der Waals surface area (Å²) in [4.78, 5) is 30.9. The van der Waals surface area contributed by atoms with Crippen molar-refractivity contribution in [1.29, 1.82) is 0 Å². The van der Waals surface area contributed by atoms with Gasteiger partial charge in [0.2, 0.25) is 0 Å². The maximum atomic E-state index is 12.1. The monoisotopic (exact) mass is 494 g/mol. The van der Waals surface area contributed by atoms with Gasteiger partial charge in [0.15, 0.2) is 0 Å². The molecule has 2 aromatic carbocycles. The molecule has 180 valence electrons. The highest BCUT2D eigenvalue weighted by atomic mass is 35.5. The van der Waals surface area contributed by atoms with Crippen LogP contribution in [0.3, 0.4) is 0 Å². The van der Waals surface area contributed by atoms with Gasteiger partial charge in [0, 0.05) is 54.9 Å². The minimum absolute atomic E-state index is 0.195. The fourth-order valence-electron chi connectivity index (χ4n) is 3.30. The lowest BCUT2D eigenvalue weighted by Gasteiger charge is -2.27. The molecule has 0 spiro atoms. The van der Waals surface area contributed by atoms with Crippen LogP contribution in [-0.2, 0) is 11.3 Å². The van der Waals surface area contributed by atoms with Crippen LogP contribution < -0.4 is 10.9 Å². The standard InChI is InChI=1S/C21H21ClN4O.C2HF3O2/c22-18-4-2-1-3-17(18)19-13-20(27)25-21(24-19)16-7-5-15(6-8-16)14-26-11-9-23-10-12-26;3-2(4,5)1(6)7/h1-8,13,23H,9-12,14H2,(H,24,25,27);(H,6,7). The molecule has 7 nitrogen and oxygen atoms in total. The van der Waals surface area contributed by atoms with Crippen molar-refractivity contribution in [1.82, 2.24) is 20.2 Å². The first-order valence-electron chi connectivity index (χ1n) is 10.3. The third-order valence-electron chi connectivity index (χ3n) is 4.98. The van der Waals surface area contributed by atoms with E-state index in [0.29, 0.717) is 16.5 Å². The van der Waals surface area contributed by atoms with E-state index in [2.05, 4.69) is 32.3 Å². The molecule has 4 rings (SSSR count). The second kappa shape index (κ2) is 11.3. The smallest absolute Gasteiger partial charge is 0.475 e. The van der Waals surface area contributed by atoms with Crippen LogP contribution in [0.2, 0.25) is 5.02 Å². The Kier molecular flexibility index (Phi) is 8.43. The number of aliphatic carboxylic acids is 1. The Balaban J connectivity index is 0.000000406. The van der Waals surface area contributed by atoms with Gasteiger partial charge in [-0.05, 0) is 11.6 Å². The second-order valence-corrected chi connectivity index (χ2v) is 7.89. The summed E-state index contributed by atoms with van der Waals surface area (Å²) in [6, 6.07) is 17.1. The van der Waals surface area contributed by atoms with Crippen molar-refractivity contribution in [3.63, 3.8) is 0 Å². The summed E-state index contributed by atoms with van der Waals surface area (Å²) in [6.07, 6.45) is -5.08. The Morgan fingerprint density at radius 1 is 1.09 bits per heavy atom. The van der Waals surface area contributed by atoms with Gasteiger partial charge in [-0.1, -0.05) is 54.1 Å². The van der Waals surface area contributed by atoms with Gasteiger partial charge >= 0.3 is 12.1 Å². The van der Waals surface area contributed by atoms with Gasteiger partial charge in [-0.25, -0.2) is 9.78 Å². The Hall–Kier alpha value is -3.21. The summed E-state index contributed by atoms with van der Waals surface area (Å²) in [5, 5.41) is 11.1. The number of rotatable bonds is 4. The maximum absolute atomic E-state index is 12.1. The average molecular weight is 495 g/mol. The fraction of sp³-hybridized carbons (Fsp3) is 0.261. The highest BCUT2D eigenvalue weighted by molar-refractivity contribution is 6.33. The number of nitrogens with one attached hydrogen (secondary N) is 2. The Morgan fingerprint density at radius 3 is 2.29 bits per heavy atom. The van der Waals surface area contributed by atoms with Crippen molar-refractivity contribution >= 4 is 17.6 Å². The molecule has 0 radical (unpaired) electrons. The van der Waals surface area contributed by atoms with Gasteiger partial charge in [0.05, 0.1) is 5.69 Å². The van der Waals surface area contributed by atoms with Gasteiger partial charge < -0.3 is 15.4 Å². The van der Waals surface area contributed by atoms with E-state index in [9.17, 15) is 18.0 Å². The molecule has 0 unspecified atom stereocenters. The number of H-pyrrole nitrogens is 1. The molecule has 1 aromatic heterocycles. The maximum Gasteiger partial charge on any atom is 0.490 e. The molecule has 0 aliphatic carbocycles. The second-order valence-electron chi connectivity index (χ2n) is 7.49. The first-order valence-corrected chi connectivity index (χ1v) is 10.7. The number of nitrogens with zero attached hydrogens (tertiary/aromatic N) is 2. The van der Waals surface area contributed by atoms with Crippen LogP contribution in [0.25, 0.3) is 22.6 Å². The highest BCUT2D eigenvalue weighted by Crippen LogP contribution is 2.26. The number of halogens is 4. The molecular weight excluding hydrogens is 473 g/mol. The van der Waals surface area contributed by atoms with Crippen molar-refractivity contribution in [3.8, 4) is 22.6 Å². The minimum Gasteiger partial charge on any atom is -0.475 e. The molecule has 2 heterocycles. The molecule has 3 aromatic rings. The molecule has 1 aliphatic heterocycles. The average Bonchev–Trinajstić information content (AvgIpc) is 2.80. The molecular formula is C23H22ClF3N4O3. The van der Waals surface area contributed by atoms with Gasteiger partial charge in [0.25, 0.3) is 5.56 Å². The number of carboxylic acids is 1. The van der Waals surface area contributed by atoms with E-state index in [4.69, 9.17) is 21.5 Å². The largest absolute Gasteiger partial charge is 0.490 e. The molecule has 1 fully saturated rings. The van der Waals surface area contributed by atoms with Gasteiger partial charge in [-0.3, -0.25) is 9.69 Å². The van der Waals surface area contributed by atoms with E-state index in [1.165, 1.54) is 11.6 Å². The summed E-state index contributed by atoms with van der Waals surface area (Å²) in [5.74, 6) is -2.21. The molecule has 0 atom stereocenters. The summed E-state index contributed by atoms with van der Waals surface area (Å²) < 4.78 is 31.7. The number of alkyl halides is 3. The van der Waals surface area contributed by atoms with Crippen molar-refractivity contribution in [2.75, 3.05) is 26.2 Å². The molecule has 11 heteroatoms. The lowest BCUT2D eigenvalue weighted by molar-refractivity contribution is -0.192. The van der Waals surface area contributed by atoms with Gasteiger partial charge in [-0.15, -0.1) is 0 Å². The van der Waals surface area contributed by atoms with Crippen molar-refractivity contribution in [2.45, 2.75) is 12.7 Å². The van der Waals surface area contributed by atoms with E-state index in [0.717, 1.165) is 43.9 Å². The first kappa shape index (κ1) is 25.4. The number of carbonyl (C=O) groups is 1. The molecule has 3 N–H and O–H groups in total. The predicted octanol–water partition coefficient (Wildman–Crippen LogP) is 3.80. The molecule has 34 heavy (non-hydrogen) atoms. The molecule has 0 bridgehead atoms. The van der Waals surface area contributed by atoms with Crippen LogP contribution in [0.4, 0.5) is 13.2 Å². The van der Waals surface area contributed by atoms with Crippen LogP contribution in [0, 0.1) is 0 Å². The summed E-state index contributed by atoms with van der Waals surface area (Å²) in [7, 11) is 0. The lowest BCUT2D eigenvalue weighted by Crippen LogP contribution is -2.42. The zero-order valence-electron chi connectivity index (χ0n) is 17.9. The number of piperazine rings is 1. The van der Waals surface area contributed by atoms with E-state index in [-0.39, 0.29) is 5.56 Å². The Labute approximate surface area is 198 Å². The van der Waals surface area contributed by atoms with Crippen LogP contribution in [0.5, 0.6) is 0 Å². The number of benzene rings is 2. The van der Waals surface area contributed by atoms with Crippen molar-refractivity contribution in [2.24, 2.45) is 0 Å². The zero-order chi connectivity index (χ0) is 24.7. The first-order chi connectivity index (χ1) is 16.1. The minimum atomic E-state index is -5.08. The number of carboxylic acid groups (broad SMARTS) is 1. The summed E-state index contributed by atoms with van der Waals surface area (Å²) in [6.45, 7) is 5.15. The molecule has 1 aliphatic rings. The van der Waals surface area contributed by atoms with E-state index in [1.54, 1.807) is 6.07 Å². The zero-order valence-corrected chi connectivity index (χ0v) is 18.7. The van der Waals surface area contributed by atoms with Gasteiger partial charge in [0.1, 0.15) is 5.82 Å². The fourth-order valence-corrected chi connectivity index (χ4v) is 3.53. The lowest BCUT2D eigenvalue weighted by atomic mass is 10.1. The third-order valence-corrected chi connectivity index (χ3v) is 5.31. The topological polar surface area (TPSA) is 98.3 Å². The summed E-state index contributed by atoms with van der Waals surface area (Å²) in [5.41, 5.74) is 3.27. The highest BCUT2D eigenvalue weighted by Gasteiger charge is 2.38. The predicted molar refractivity (Wildman–Crippen MR) is 123 cm³/mol. The third kappa shape index (κ3) is 7.14. The van der Waals surface area contributed by atoms with Crippen LogP contribution in [0.1, 0.15) is 5.56 Å².